The first-order valence-electron chi connectivity index (χ1n) is 5.59. The first kappa shape index (κ1) is 11.6. The first-order valence-corrected chi connectivity index (χ1v) is 7.14. The molecule has 0 unspecified atom stereocenters. The van der Waals surface area contributed by atoms with Crippen molar-refractivity contribution in [3.63, 3.8) is 0 Å². The van der Waals surface area contributed by atoms with Crippen LogP contribution in [-0.2, 0) is 23.0 Å². The summed E-state index contributed by atoms with van der Waals surface area (Å²) in [5, 5.41) is 5.07. The molecule has 5 nitrogen and oxygen atoms in total. The van der Waals surface area contributed by atoms with Gasteiger partial charge in [-0.15, -0.1) is 0 Å². The molecule has 0 radical (unpaired) electrons. The number of aromatic nitrogens is 2. The van der Waals surface area contributed by atoms with Crippen LogP contribution in [0.5, 0.6) is 0 Å². The van der Waals surface area contributed by atoms with Gasteiger partial charge in [-0.05, 0) is 25.2 Å². The van der Waals surface area contributed by atoms with E-state index in [1.807, 2.05) is 11.5 Å². The molecule has 0 aromatic carbocycles. The zero-order valence-electron chi connectivity index (χ0n) is 9.39. The Morgan fingerprint density at radius 2 is 2.25 bits per heavy atom. The summed E-state index contributed by atoms with van der Waals surface area (Å²) in [4.78, 5) is 4.10. The SMILES string of the molecule is CCCc1nc(S(N)(=O)=O)cn1CC1CC1. The Morgan fingerprint density at radius 1 is 1.56 bits per heavy atom. The van der Waals surface area contributed by atoms with Crippen LogP contribution in [-0.4, -0.2) is 18.0 Å². The van der Waals surface area contributed by atoms with Gasteiger partial charge in [0.05, 0.1) is 0 Å². The van der Waals surface area contributed by atoms with E-state index in [9.17, 15) is 8.42 Å². The standard InChI is InChI=1S/C10H17N3O2S/c1-2-3-9-12-10(16(11,14)15)7-13(9)6-8-4-5-8/h7-8H,2-6H2,1H3,(H2,11,14,15). The fourth-order valence-corrected chi connectivity index (χ4v) is 2.23. The van der Waals surface area contributed by atoms with Gasteiger partial charge in [0.2, 0.25) is 0 Å². The quantitative estimate of drug-likeness (QED) is 0.834. The predicted octanol–water partition coefficient (Wildman–Crippen LogP) is 0.893. The molecule has 1 aromatic rings. The van der Waals surface area contributed by atoms with Gasteiger partial charge in [-0.25, -0.2) is 18.5 Å². The number of hydrogen-bond donors (Lipinski definition) is 1. The Kier molecular flexibility index (Phi) is 3.03. The van der Waals surface area contributed by atoms with Crippen LogP contribution < -0.4 is 5.14 Å². The maximum Gasteiger partial charge on any atom is 0.257 e. The summed E-state index contributed by atoms with van der Waals surface area (Å²) in [5.41, 5.74) is 0. The Bertz CT molecular complexity index is 474. The number of rotatable bonds is 5. The number of nitrogens with two attached hydrogens (primary N) is 1. The third-order valence-corrected chi connectivity index (χ3v) is 3.53. The van der Waals surface area contributed by atoms with Gasteiger partial charge in [-0.1, -0.05) is 6.92 Å². The van der Waals surface area contributed by atoms with Gasteiger partial charge in [0.15, 0.2) is 5.03 Å². The topological polar surface area (TPSA) is 78.0 Å². The highest BCUT2D eigenvalue weighted by Gasteiger charge is 2.24. The van der Waals surface area contributed by atoms with Crippen LogP contribution in [0, 0.1) is 5.92 Å². The second kappa shape index (κ2) is 4.18. The van der Waals surface area contributed by atoms with Crippen molar-refractivity contribution < 1.29 is 8.42 Å². The molecule has 2 N–H and O–H groups in total. The summed E-state index contributed by atoms with van der Waals surface area (Å²) in [7, 11) is -3.67. The van der Waals surface area contributed by atoms with Crippen LogP contribution >= 0.6 is 0 Å². The lowest BCUT2D eigenvalue weighted by Crippen LogP contribution is -2.12. The number of primary sulfonamides is 1. The summed E-state index contributed by atoms with van der Waals surface area (Å²) in [6.45, 7) is 2.92. The molecule has 90 valence electrons. The maximum absolute atomic E-state index is 11.2. The van der Waals surface area contributed by atoms with Gasteiger partial charge in [0.1, 0.15) is 5.82 Å². The zero-order valence-corrected chi connectivity index (χ0v) is 10.2. The summed E-state index contributed by atoms with van der Waals surface area (Å²) < 4.78 is 24.4. The van der Waals surface area contributed by atoms with E-state index in [0.717, 1.165) is 25.2 Å². The van der Waals surface area contributed by atoms with Gasteiger partial charge < -0.3 is 4.57 Å². The Hall–Kier alpha value is -0.880. The highest BCUT2D eigenvalue weighted by molar-refractivity contribution is 7.89. The Balaban J connectivity index is 2.28. The highest BCUT2D eigenvalue weighted by atomic mass is 32.2. The van der Waals surface area contributed by atoms with Crippen LogP contribution in [0.1, 0.15) is 32.0 Å². The van der Waals surface area contributed by atoms with E-state index in [0.29, 0.717) is 5.92 Å². The molecule has 2 rings (SSSR count). The average Bonchev–Trinajstić information content (AvgIpc) is 2.88. The van der Waals surface area contributed by atoms with Crippen molar-refractivity contribution in [1.29, 1.82) is 0 Å². The summed E-state index contributed by atoms with van der Waals surface area (Å²) in [6, 6.07) is 0. The smallest absolute Gasteiger partial charge is 0.257 e. The molecule has 6 heteroatoms. The van der Waals surface area contributed by atoms with Gasteiger partial charge in [0.25, 0.3) is 10.0 Å². The van der Waals surface area contributed by atoms with E-state index < -0.39 is 10.0 Å². The largest absolute Gasteiger partial charge is 0.333 e. The fraction of sp³-hybridized carbons (Fsp3) is 0.700. The van der Waals surface area contributed by atoms with Crippen molar-refractivity contribution in [1.82, 2.24) is 9.55 Å². The van der Waals surface area contributed by atoms with E-state index >= 15 is 0 Å². The van der Waals surface area contributed by atoms with E-state index in [4.69, 9.17) is 5.14 Å². The molecule has 0 spiro atoms. The average molecular weight is 243 g/mol. The van der Waals surface area contributed by atoms with Crippen molar-refractivity contribution in [2.75, 3.05) is 0 Å². The van der Waals surface area contributed by atoms with Crippen LogP contribution in [0.2, 0.25) is 0 Å². The molecular formula is C10H17N3O2S. The van der Waals surface area contributed by atoms with E-state index in [1.165, 1.54) is 12.8 Å². The number of nitrogens with zero attached hydrogens (tertiary/aromatic N) is 2. The lowest BCUT2D eigenvalue weighted by atomic mass is 10.3. The van der Waals surface area contributed by atoms with Gasteiger partial charge >= 0.3 is 0 Å². The molecule has 0 saturated heterocycles. The van der Waals surface area contributed by atoms with E-state index in [-0.39, 0.29) is 5.03 Å². The van der Waals surface area contributed by atoms with E-state index in [2.05, 4.69) is 4.98 Å². The Labute approximate surface area is 95.7 Å². The molecule has 0 amide bonds. The minimum absolute atomic E-state index is 0.00315. The third-order valence-electron chi connectivity index (χ3n) is 2.75. The number of imidazole rings is 1. The summed E-state index contributed by atoms with van der Waals surface area (Å²) in [5.74, 6) is 1.52. The zero-order chi connectivity index (χ0) is 11.8. The second-order valence-electron chi connectivity index (χ2n) is 4.39. The maximum atomic E-state index is 11.2. The molecular weight excluding hydrogens is 226 g/mol. The molecule has 1 aromatic heterocycles. The third kappa shape index (κ3) is 2.62. The molecule has 1 fully saturated rings. The van der Waals surface area contributed by atoms with Crippen LogP contribution in [0.4, 0.5) is 0 Å². The molecule has 1 aliphatic carbocycles. The summed E-state index contributed by atoms with van der Waals surface area (Å²) in [6.07, 6.45) is 5.77. The van der Waals surface area contributed by atoms with Crippen LogP contribution in [0.15, 0.2) is 11.2 Å². The second-order valence-corrected chi connectivity index (χ2v) is 5.89. The molecule has 0 atom stereocenters. The summed E-state index contributed by atoms with van der Waals surface area (Å²) >= 11 is 0. The molecule has 1 heterocycles. The van der Waals surface area contributed by atoms with Crippen LogP contribution in [0.3, 0.4) is 0 Å². The number of aryl methyl sites for hydroxylation is 1. The Morgan fingerprint density at radius 3 is 2.75 bits per heavy atom. The minimum atomic E-state index is -3.67. The molecule has 0 aliphatic heterocycles. The van der Waals surface area contributed by atoms with Crippen molar-refractivity contribution in [3.05, 3.63) is 12.0 Å². The number of hydrogen-bond acceptors (Lipinski definition) is 3. The lowest BCUT2D eigenvalue weighted by Gasteiger charge is -2.04. The van der Waals surface area contributed by atoms with Crippen molar-refractivity contribution >= 4 is 10.0 Å². The monoisotopic (exact) mass is 243 g/mol. The molecule has 16 heavy (non-hydrogen) atoms. The fourth-order valence-electron chi connectivity index (χ4n) is 1.72. The van der Waals surface area contributed by atoms with E-state index in [1.54, 1.807) is 6.20 Å². The van der Waals surface area contributed by atoms with Crippen molar-refractivity contribution in [2.24, 2.45) is 11.1 Å². The molecule has 0 bridgehead atoms. The normalized spacial score (nSPS) is 16.6. The van der Waals surface area contributed by atoms with Crippen molar-refractivity contribution in [3.8, 4) is 0 Å². The lowest BCUT2D eigenvalue weighted by molar-refractivity contribution is 0.589. The number of sulfonamides is 1. The molecule has 1 saturated carbocycles. The van der Waals surface area contributed by atoms with Gasteiger partial charge in [-0.2, -0.15) is 0 Å². The first-order chi connectivity index (χ1) is 7.50. The molecule has 1 aliphatic rings. The van der Waals surface area contributed by atoms with Gasteiger partial charge in [-0.3, -0.25) is 0 Å². The highest BCUT2D eigenvalue weighted by Crippen LogP contribution is 2.31. The van der Waals surface area contributed by atoms with Gasteiger partial charge in [0, 0.05) is 19.2 Å². The van der Waals surface area contributed by atoms with Crippen molar-refractivity contribution in [2.45, 2.75) is 44.2 Å². The van der Waals surface area contributed by atoms with Crippen LogP contribution in [0.25, 0.3) is 0 Å². The predicted molar refractivity (Wildman–Crippen MR) is 60.3 cm³/mol. The minimum Gasteiger partial charge on any atom is -0.333 e.